The Kier molecular flexibility index (Phi) is 5.87. The quantitative estimate of drug-likeness (QED) is 0.785. The summed E-state index contributed by atoms with van der Waals surface area (Å²) in [5, 5.41) is 0. The molecule has 23 heavy (non-hydrogen) atoms. The zero-order chi connectivity index (χ0) is 15.7. The van der Waals surface area contributed by atoms with Crippen LogP contribution in [0.3, 0.4) is 0 Å². The molecule has 2 aromatic rings. The second kappa shape index (κ2) is 8.53. The standard InChI is InChI=1S/C19H23N2O2/c1-4-11-21(12-5-1)13-14-22-18-8-6-9-19(15-18)23-16-17-7-2-3-10-20-17/h2-3,6-7,9-10,15H,1,4-5,11-14,16H2. The van der Waals surface area contributed by atoms with E-state index < -0.39 is 0 Å². The Bertz CT molecular complexity index is 583. The number of rotatable bonds is 7. The molecule has 0 N–H and O–H groups in total. The Labute approximate surface area is 138 Å². The van der Waals surface area contributed by atoms with Gasteiger partial charge in [-0.15, -0.1) is 0 Å². The van der Waals surface area contributed by atoms with E-state index in [4.69, 9.17) is 9.47 Å². The third-order valence-corrected chi connectivity index (χ3v) is 3.97. The molecule has 3 rings (SSSR count). The van der Waals surface area contributed by atoms with E-state index in [0.717, 1.165) is 23.7 Å². The summed E-state index contributed by atoms with van der Waals surface area (Å²) in [6.45, 7) is 4.52. The molecule has 1 aromatic carbocycles. The van der Waals surface area contributed by atoms with Crippen molar-refractivity contribution >= 4 is 0 Å². The van der Waals surface area contributed by atoms with Gasteiger partial charge in [-0.05, 0) is 50.2 Å². The maximum Gasteiger partial charge on any atom is 0.131 e. The van der Waals surface area contributed by atoms with Crippen molar-refractivity contribution in [1.29, 1.82) is 0 Å². The van der Waals surface area contributed by atoms with Crippen molar-refractivity contribution in [3.8, 4) is 11.5 Å². The second-order valence-corrected chi connectivity index (χ2v) is 5.75. The maximum atomic E-state index is 5.81. The zero-order valence-electron chi connectivity index (χ0n) is 13.4. The van der Waals surface area contributed by atoms with Gasteiger partial charge in [-0.2, -0.15) is 0 Å². The summed E-state index contributed by atoms with van der Waals surface area (Å²) in [4.78, 5) is 6.71. The van der Waals surface area contributed by atoms with Gasteiger partial charge < -0.3 is 9.47 Å². The fourth-order valence-corrected chi connectivity index (χ4v) is 2.71. The summed E-state index contributed by atoms with van der Waals surface area (Å²) in [5.41, 5.74) is 0.910. The van der Waals surface area contributed by atoms with Crippen LogP contribution in [0.25, 0.3) is 0 Å². The highest BCUT2D eigenvalue weighted by Gasteiger charge is 2.09. The molecule has 0 bridgehead atoms. The van der Waals surface area contributed by atoms with Crippen molar-refractivity contribution in [2.24, 2.45) is 0 Å². The van der Waals surface area contributed by atoms with Crippen LogP contribution in [-0.4, -0.2) is 36.1 Å². The highest BCUT2D eigenvalue weighted by Crippen LogP contribution is 2.20. The summed E-state index contributed by atoms with van der Waals surface area (Å²) in [6, 6.07) is 14.5. The molecule has 0 saturated carbocycles. The van der Waals surface area contributed by atoms with E-state index in [1.165, 1.54) is 32.4 Å². The van der Waals surface area contributed by atoms with E-state index in [2.05, 4.69) is 16.0 Å². The maximum absolute atomic E-state index is 5.81. The summed E-state index contributed by atoms with van der Waals surface area (Å²) in [5.74, 6) is 1.52. The summed E-state index contributed by atoms with van der Waals surface area (Å²) >= 11 is 0. The van der Waals surface area contributed by atoms with Crippen molar-refractivity contribution in [2.75, 3.05) is 26.2 Å². The number of benzene rings is 1. The number of likely N-dealkylation sites (tertiary alicyclic amines) is 1. The molecule has 1 radical (unpaired) electrons. The lowest BCUT2D eigenvalue weighted by atomic mass is 10.1. The molecule has 0 atom stereocenters. The van der Waals surface area contributed by atoms with Gasteiger partial charge in [-0.3, -0.25) is 9.88 Å². The SMILES string of the molecule is [c]1ccc(OCc2ccccn2)cc1OCCN1CCCCC1. The number of hydrogen-bond donors (Lipinski definition) is 0. The van der Waals surface area contributed by atoms with Crippen LogP contribution < -0.4 is 9.47 Å². The van der Waals surface area contributed by atoms with Gasteiger partial charge in [0.05, 0.1) is 5.69 Å². The lowest BCUT2D eigenvalue weighted by molar-refractivity contribution is 0.183. The average molecular weight is 311 g/mol. The first-order valence-corrected chi connectivity index (χ1v) is 8.30. The number of piperidine rings is 1. The molecule has 0 spiro atoms. The second-order valence-electron chi connectivity index (χ2n) is 5.75. The lowest BCUT2D eigenvalue weighted by Gasteiger charge is -2.26. The number of pyridine rings is 1. The minimum Gasteiger partial charge on any atom is -0.491 e. The van der Waals surface area contributed by atoms with Crippen LogP contribution in [0.15, 0.2) is 42.6 Å². The van der Waals surface area contributed by atoms with Crippen LogP contribution in [0.2, 0.25) is 0 Å². The molecule has 1 aliphatic heterocycles. The summed E-state index contributed by atoms with van der Waals surface area (Å²) in [6.07, 6.45) is 5.75. The Morgan fingerprint density at radius 3 is 2.83 bits per heavy atom. The van der Waals surface area contributed by atoms with E-state index >= 15 is 0 Å². The van der Waals surface area contributed by atoms with Gasteiger partial charge in [0, 0.05) is 24.9 Å². The largest absolute Gasteiger partial charge is 0.491 e. The predicted molar refractivity (Wildman–Crippen MR) is 89.6 cm³/mol. The van der Waals surface area contributed by atoms with E-state index in [9.17, 15) is 0 Å². The minimum absolute atomic E-state index is 0.456. The van der Waals surface area contributed by atoms with Gasteiger partial charge in [0.2, 0.25) is 0 Å². The van der Waals surface area contributed by atoms with Gasteiger partial charge in [-0.1, -0.05) is 12.5 Å². The van der Waals surface area contributed by atoms with E-state index in [1.54, 1.807) is 6.20 Å². The monoisotopic (exact) mass is 311 g/mol. The highest BCUT2D eigenvalue weighted by molar-refractivity contribution is 5.32. The normalized spacial score (nSPS) is 15.3. The Morgan fingerprint density at radius 1 is 1.09 bits per heavy atom. The minimum atomic E-state index is 0.456. The van der Waals surface area contributed by atoms with Crippen LogP contribution in [0.4, 0.5) is 0 Å². The van der Waals surface area contributed by atoms with Crippen LogP contribution in [0.1, 0.15) is 25.0 Å². The molecule has 1 saturated heterocycles. The van der Waals surface area contributed by atoms with Crippen molar-refractivity contribution < 1.29 is 9.47 Å². The topological polar surface area (TPSA) is 34.6 Å². The highest BCUT2D eigenvalue weighted by atomic mass is 16.5. The molecule has 0 amide bonds. The van der Waals surface area contributed by atoms with Gasteiger partial charge in [0.15, 0.2) is 0 Å². The van der Waals surface area contributed by atoms with Crippen molar-refractivity contribution in [3.63, 3.8) is 0 Å². The Balaban J connectivity index is 1.45. The third kappa shape index (κ3) is 5.25. The van der Waals surface area contributed by atoms with E-state index in [1.807, 2.05) is 36.4 Å². The fourth-order valence-electron chi connectivity index (χ4n) is 2.71. The first-order valence-electron chi connectivity index (χ1n) is 8.30. The molecule has 4 heteroatoms. The smallest absolute Gasteiger partial charge is 0.131 e. The van der Waals surface area contributed by atoms with E-state index in [0.29, 0.717) is 13.2 Å². The molecule has 0 unspecified atom stereocenters. The van der Waals surface area contributed by atoms with Crippen molar-refractivity contribution in [1.82, 2.24) is 9.88 Å². The first-order chi connectivity index (χ1) is 11.4. The average Bonchev–Trinajstić information content (AvgIpc) is 2.62. The van der Waals surface area contributed by atoms with E-state index in [-0.39, 0.29) is 0 Å². The van der Waals surface area contributed by atoms with Crippen LogP contribution >= 0.6 is 0 Å². The molecule has 2 heterocycles. The molecule has 1 fully saturated rings. The zero-order valence-corrected chi connectivity index (χ0v) is 13.4. The first kappa shape index (κ1) is 15.8. The summed E-state index contributed by atoms with van der Waals surface area (Å²) in [7, 11) is 0. The molecule has 0 aliphatic carbocycles. The molecule has 4 nitrogen and oxygen atoms in total. The Morgan fingerprint density at radius 2 is 2.00 bits per heavy atom. The van der Waals surface area contributed by atoms with Gasteiger partial charge in [0.25, 0.3) is 0 Å². The molecule has 121 valence electrons. The Hall–Kier alpha value is -2.07. The van der Waals surface area contributed by atoms with Gasteiger partial charge in [-0.25, -0.2) is 0 Å². The molecular formula is C19H23N2O2. The fraction of sp³-hybridized carbons (Fsp3) is 0.421. The molecule has 1 aliphatic rings. The number of ether oxygens (including phenoxy) is 2. The van der Waals surface area contributed by atoms with Crippen molar-refractivity contribution in [2.45, 2.75) is 25.9 Å². The predicted octanol–water partition coefficient (Wildman–Crippen LogP) is 3.33. The van der Waals surface area contributed by atoms with Crippen LogP contribution in [-0.2, 0) is 6.61 Å². The lowest BCUT2D eigenvalue weighted by Crippen LogP contribution is -2.33. The number of aromatic nitrogens is 1. The molecular weight excluding hydrogens is 288 g/mol. The molecule has 1 aromatic heterocycles. The summed E-state index contributed by atoms with van der Waals surface area (Å²) < 4.78 is 11.6. The number of hydrogen-bond acceptors (Lipinski definition) is 4. The van der Waals surface area contributed by atoms with Gasteiger partial charge >= 0.3 is 0 Å². The van der Waals surface area contributed by atoms with Crippen LogP contribution in [0.5, 0.6) is 11.5 Å². The van der Waals surface area contributed by atoms with Crippen molar-refractivity contribution in [3.05, 3.63) is 54.4 Å². The third-order valence-electron chi connectivity index (χ3n) is 3.97. The number of nitrogens with zero attached hydrogens (tertiary/aromatic N) is 2. The van der Waals surface area contributed by atoms with Gasteiger partial charge in [0.1, 0.15) is 24.7 Å². The van der Waals surface area contributed by atoms with Crippen LogP contribution in [0, 0.1) is 6.07 Å².